The summed E-state index contributed by atoms with van der Waals surface area (Å²) in [5.41, 5.74) is 1.45. The summed E-state index contributed by atoms with van der Waals surface area (Å²) in [6.45, 7) is 3.57. The SMILES string of the molecule is C[C@@H](OC(=O)Nc1c(-c2ccc(NC(=O)C3(C)CC(C#N)C3)cn2)nnn1C)c1ccccc1Cl. The third-order valence-electron chi connectivity index (χ3n) is 6.06. The zero-order valence-electron chi connectivity index (χ0n) is 19.4. The number of aromatic nitrogens is 4. The summed E-state index contributed by atoms with van der Waals surface area (Å²) >= 11 is 6.19. The standard InChI is InChI=1S/C24H24ClN7O3/c1-14(17-6-4-5-7-18(17)25)35-23(34)29-21-20(30-31-32(21)3)19-9-8-16(13-27-19)28-22(33)24(2)10-15(11-24)12-26/h4-9,13-15H,10-11H2,1-3H3,(H,28,33)(H,29,34)/t14-,15?,24?/m1/s1. The number of carbonyl (C=O) groups excluding carboxylic acids is 2. The first kappa shape index (κ1) is 24.2. The van der Waals surface area contributed by atoms with Crippen molar-refractivity contribution < 1.29 is 14.3 Å². The highest BCUT2D eigenvalue weighted by Crippen LogP contribution is 2.45. The third kappa shape index (κ3) is 5.10. The van der Waals surface area contributed by atoms with Crippen LogP contribution in [0.3, 0.4) is 0 Å². The maximum atomic E-state index is 12.6. The van der Waals surface area contributed by atoms with Crippen molar-refractivity contribution in [3.63, 3.8) is 0 Å². The van der Waals surface area contributed by atoms with Gasteiger partial charge in [0.1, 0.15) is 6.10 Å². The van der Waals surface area contributed by atoms with E-state index in [4.69, 9.17) is 21.6 Å². The number of anilines is 2. The van der Waals surface area contributed by atoms with E-state index < -0.39 is 17.6 Å². The number of nitrogens with zero attached hydrogens (tertiary/aromatic N) is 5. The second kappa shape index (κ2) is 9.72. The predicted octanol–water partition coefficient (Wildman–Crippen LogP) is 4.72. The Balaban J connectivity index is 1.42. The van der Waals surface area contributed by atoms with Crippen LogP contribution in [0.1, 0.15) is 38.4 Å². The molecule has 1 aromatic carbocycles. The molecule has 3 aromatic rings. The third-order valence-corrected chi connectivity index (χ3v) is 6.41. The van der Waals surface area contributed by atoms with E-state index in [1.54, 1.807) is 44.3 Å². The molecule has 1 fully saturated rings. The fraction of sp³-hybridized carbons (Fsp3) is 0.333. The Morgan fingerprint density at radius 3 is 2.66 bits per heavy atom. The maximum absolute atomic E-state index is 12.6. The van der Waals surface area contributed by atoms with E-state index >= 15 is 0 Å². The van der Waals surface area contributed by atoms with E-state index in [-0.39, 0.29) is 11.8 Å². The second-order valence-electron chi connectivity index (χ2n) is 8.79. The molecule has 10 nitrogen and oxygen atoms in total. The van der Waals surface area contributed by atoms with E-state index in [0.717, 1.165) is 0 Å². The van der Waals surface area contributed by atoms with Gasteiger partial charge in [-0.2, -0.15) is 5.26 Å². The molecule has 180 valence electrons. The number of nitrogens with one attached hydrogen (secondary N) is 2. The number of rotatable bonds is 6. The lowest BCUT2D eigenvalue weighted by Gasteiger charge is -2.40. The number of pyridine rings is 1. The van der Waals surface area contributed by atoms with E-state index in [1.807, 2.05) is 13.0 Å². The number of halogens is 1. The molecule has 1 aliphatic rings. The van der Waals surface area contributed by atoms with E-state index in [0.29, 0.717) is 46.3 Å². The lowest BCUT2D eigenvalue weighted by atomic mass is 9.63. The summed E-state index contributed by atoms with van der Waals surface area (Å²) in [4.78, 5) is 29.5. The average Bonchev–Trinajstić information content (AvgIpc) is 3.17. The normalized spacial score (nSPS) is 19.7. The van der Waals surface area contributed by atoms with Gasteiger partial charge in [-0.1, -0.05) is 41.9 Å². The van der Waals surface area contributed by atoms with Crippen LogP contribution in [0.25, 0.3) is 11.4 Å². The van der Waals surface area contributed by atoms with Gasteiger partial charge in [-0.3, -0.25) is 15.1 Å². The van der Waals surface area contributed by atoms with Crippen LogP contribution in [0.4, 0.5) is 16.3 Å². The fourth-order valence-electron chi connectivity index (χ4n) is 4.02. The van der Waals surface area contributed by atoms with Crippen molar-refractivity contribution in [2.24, 2.45) is 18.4 Å². The monoisotopic (exact) mass is 493 g/mol. The number of ether oxygens (including phenoxy) is 1. The molecule has 2 N–H and O–H groups in total. The number of amides is 2. The van der Waals surface area contributed by atoms with Gasteiger partial charge in [0, 0.05) is 29.0 Å². The molecule has 0 unspecified atom stereocenters. The van der Waals surface area contributed by atoms with Crippen LogP contribution in [0.5, 0.6) is 0 Å². The summed E-state index contributed by atoms with van der Waals surface area (Å²) in [7, 11) is 1.63. The lowest BCUT2D eigenvalue weighted by molar-refractivity contribution is -0.130. The number of hydrogen-bond acceptors (Lipinski definition) is 7. The van der Waals surface area contributed by atoms with Crippen LogP contribution in [0.15, 0.2) is 42.6 Å². The smallest absolute Gasteiger partial charge is 0.413 e. The minimum atomic E-state index is -0.697. The molecule has 35 heavy (non-hydrogen) atoms. The molecule has 4 rings (SSSR count). The van der Waals surface area contributed by atoms with Crippen molar-refractivity contribution in [2.45, 2.75) is 32.8 Å². The molecule has 0 saturated heterocycles. The highest BCUT2D eigenvalue weighted by atomic mass is 35.5. The summed E-state index contributed by atoms with van der Waals surface area (Å²) < 4.78 is 6.87. The van der Waals surface area contributed by atoms with Crippen molar-refractivity contribution >= 4 is 35.1 Å². The van der Waals surface area contributed by atoms with Crippen LogP contribution in [0.2, 0.25) is 5.02 Å². The molecule has 0 radical (unpaired) electrons. The number of nitriles is 1. The quantitative estimate of drug-likeness (QED) is 0.507. The topological polar surface area (TPSA) is 135 Å². The minimum Gasteiger partial charge on any atom is -0.441 e. The van der Waals surface area contributed by atoms with Crippen molar-refractivity contribution in [1.29, 1.82) is 5.26 Å². The van der Waals surface area contributed by atoms with Gasteiger partial charge < -0.3 is 10.1 Å². The molecule has 1 aliphatic carbocycles. The molecule has 1 saturated carbocycles. The van der Waals surface area contributed by atoms with Gasteiger partial charge in [-0.25, -0.2) is 9.48 Å². The molecule has 0 bridgehead atoms. The Hall–Kier alpha value is -3.97. The Kier molecular flexibility index (Phi) is 6.71. The van der Waals surface area contributed by atoms with E-state index in [2.05, 4.69) is 32.0 Å². The predicted molar refractivity (Wildman–Crippen MR) is 129 cm³/mol. The van der Waals surface area contributed by atoms with Crippen LogP contribution in [-0.4, -0.2) is 32.0 Å². The Bertz CT molecular complexity index is 1290. The van der Waals surface area contributed by atoms with Crippen molar-refractivity contribution in [3.8, 4) is 17.5 Å². The first-order chi connectivity index (χ1) is 16.7. The van der Waals surface area contributed by atoms with E-state index in [9.17, 15) is 9.59 Å². The molecular formula is C24H24ClN7O3. The Morgan fingerprint density at radius 1 is 1.26 bits per heavy atom. The number of aryl methyl sites for hydroxylation is 1. The highest BCUT2D eigenvalue weighted by molar-refractivity contribution is 6.31. The molecule has 11 heteroatoms. The van der Waals surface area contributed by atoms with Gasteiger partial charge in [0.25, 0.3) is 0 Å². The number of carbonyl (C=O) groups is 2. The molecule has 2 heterocycles. The van der Waals surface area contributed by atoms with Gasteiger partial charge in [0.05, 0.1) is 23.6 Å². The first-order valence-corrected chi connectivity index (χ1v) is 11.4. The minimum absolute atomic E-state index is 0.0758. The van der Waals surface area contributed by atoms with Crippen molar-refractivity contribution in [3.05, 3.63) is 53.2 Å². The van der Waals surface area contributed by atoms with Crippen LogP contribution >= 0.6 is 11.6 Å². The summed E-state index contributed by atoms with van der Waals surface area (Å²) in [6.07, 6.45) is 1.32. The molecule has 2 amide bonds. The first-order valence-electron chi connectivity index (χ1n) is 11.0. The molecule has 2 aromatic heterocycles. The largest absolute Gasteiger partial charge is 0.441 e. The van der Waals surface area contributed by atoms with Gasteiger partial charge in [-0.05, 0) is 38.0 Å². The fourth-order valence-corrected chi connectivity index (χ4v) is 4.31. The zero-order valence-corrected chi connectivity index (χ0v) is 20.2. The molecular weight excluding hydrogens is 470 g/mol. The summed E-state index contributed by atoms with van der Waals surface area (Å²) in [6, 6.07) is 12.7. The second-order valence-corrected chi connectivity index (χ2v) is 9.19. The van der Waals surface area contributed by atoms with Crippen LogP contribution in [0, 0.1) is 22.7 Å². The number of benzene rings is 1. The molecule has 0 spiro atoms. The van der Waals surface area contributed by atoms with Gasteiger partial charge in [-0.15, -0.1) is 5.10 Å². The van der Waals surface area contributed by atoms with Crippen molar-refractivity contribution in [1.82, 2.24) is 20.0 Å². The van der Waals surface area contributed by atoms with Gasteiger partial charge in [0.2, 0.25) is 5.91 Å². The average molecular weight is 494 g/mol. The maximum Gasteiger partial charge on any atom is 0.413 e. The van der Waals surface area contributed by atoms with Crippen molar-refractivity contribution in [2.75, 3.05) is 10.6 Å². The Morgan fingerprint density at radius 2 is 2.00 bits per heavy atom. The van der Waals surface area contributed by atoms with Gasteiger partial charge >= 0.3 is 6.09 Å². The number of hydrogen-bond donors (Lipinski definition) is 2. The van der Waals surface area contributed by atoms with Gasteiger partial charge in [0.15, 0.2) is 11.5 Å². The lowest BCUT2D eigenvalue weighted by Crippen LogP contribution is -2.44. The molecule has 0 aliphatic heterocycles. The summed E-state index contributed by atoms with van der Waals surface area (Å²) in [5, 5.41) is 23.1. The molecule has 1 atom stereocenters. The summed E-state index contributed by atoms with van der Waals surface area (Å²) in [5.74, 6) is 0.0825. The van der Waals surface area contributed by atoms with Crippen LogP contribution < -0.4 is 10.6 Å². The zero-order chi connectivity index (χ0) is 25.2. The Labute approximate surface area is 207 Å². The highest BCUT2D eigenvalue weighted by Gasteiger charge is 2.46. The van der Waals surface area contributed by atoms with Crippen LogP contribution in [-0.2, 0) is 16.6 Å². The van der Waals surface area contributed by atoms with E-state index in [1.165, 1.54) is 10.9 Å².